The van der Waals surface area contributed by atoms with Gasteiger partial charge in [-0.25, -0.2) is 9.37 Å². The van der Waals surface area contributed by atoms with Gasteiger partial charge >= 0.3 is 0 Å². The zero-order valence-electron chi connectivity index (χ0n) is 18.1. The van der Waals surface area contributed by atoms with Crippen LogP contribution in [0.15, 0.2) is 47.6 Å². The maximum absolute atomic E-state index is 14.0. The highest BCUT2D eigenvalue weighted by Gasteiger charge is 2.25. The fraction of sp³-hybridized carbons (Fsp3) is 0.409. The number of anilines is 2. The Hall–Kier alpha value is -2.43. The van der Waals surface area contributed by atoms with Crippen LogP contribution in [0, 0.1) is 11.7 Å². The number of aliphatic imine (C=N–C) groups is 1. The number of nitrogens with one attached hydrogen (secondary N) is 3. The van der Waals surface area contributed by atoms with E-state index in [4.69, 9.17) is 0 Å². The van der Waals surface area contributed by atoms with Crippen molar-refractivity contribution in [1.82, 2.24) is 15.6 Å². The molecule has 2 heterocycles. The second-order valence-corrected chi connectivity index (χ2v) is 7.65. The Kier molecular flexibility index (Phi) is 9.47. The summed E-state index contributed by atoms with van der Waals surface area (Å²) in [5.41, 5.74) is 1.86. The Morgan fingerprint density at radius 3 is 2.68 bits per heavy atom. The van der Waals surface area contributed by atoms with E-state index in [1.807, 2.05) is 43.0 Å². The topological polar surface area (TPSA) is 81.6 Å². The van der Waals surface area contributed by atoms with Gasteiger partial charge < -0.3 is 20.9 Å². The monoisotopic (exact) mass is 540 g/mol. The summed E-state index contributed by atoms with van der Waals surface area (Å²) < 4.78 is 14.0. The molecule has 1 atom stereocenters. The average molecular weight is 540 g/mol. The summed E-state index contributed by atoms with van der Waals surface area (Å²) in [6, 6.07) is 10.9. The number of hydrogen-bond acceptors (Lipinski definition) is 4. The first-order valence-electron chi connectivity index (χ1n) is 10.2. The van der Waals surface area contributed by atoms with Crippen molar-refractivity contribution in [2.24, 2.45) is 10.9 Å². The number of amides is 1. The highest BCUT2D eigenvalue weighted by Crippen LogP contribution is 2.20. The van der Waals surface area contributed by atoms with Gasteiger partial charge in [0.1, 0.15) is 0 Å². The summed E-state index contributed by atoms with van der Waals surface area (Å²) in [5, 5.41) is 9.58. The lowest BCUT2D eigenvalue weighted by atomic mass is 10.1. The first-order valence-corrected chi connectivity index (χ1v) is 10.2. The second-order valence-electron chi connectivity index (χ2n) is 7.65. The zero-order chi connectivity index (χ0) is 21.5. The van der Waals surface area contributed by atoms with E-state index in [0.29, 0.717) is 24.9 Å². The van der Waals surface area contributed by atoms with Crippen LogP contribution < -0.4 is 20.9 Å². The summed E-state index contributed by atoms with van der Waals surface area (Å²) in [6.45, 7) is 5.74. The van der Waals surface area contributed by atoms with E-state index in [1.54, 1.807) is 19.3 Å². The van der Waals surface area contributed by atoms with E-state index in [-0.39, 0.29) is 47.7 Å². The molecule has 1 aromatic carbocycles. The van der Waals surface area contributed by atoms with Gasteiger partial charge in [0.25, 0.3) is 0 Å². The van der Waals surface area contributed by atoms with Crippen molar-refractivity contribution in [3.63, 3.8) is 0 Å². The Morgan fingerprint density at radius 2 is 2.03 bits per heavy atom. The zero-order valence-corrected chi connectivity index (χ0v) is 20.4. The third kappa shape index (κ3) is 7.05. The number of nitrogens with zero attached hydrogens (tertiary/aromatic N) is 3. The van der Waals surface area contributed by atoms with Gasteiger partial charge in [0.15, 0.2) is 17.6 Å². The van der Waals surface area contributed by atoms with Crippen LogP contribution in [0.5, 0.6) is 0 Å². The van der Waals surface area contributed by atoms with Gasteiger partial charge in [-0.15, -0.1) is 24.0 Å². The van der Waals surface area contributed by atoms with Crippen LogP contribution in [-0.4, -0.2) is 43.0 Å². The van der Waals surface area contributed by atoms with Gasteiger partial charge in [-0.3, -0.25) is 9.79 Å². The number of halogens is 2. The van der Waals surface area contributed by atoms with Gasteiger partial charge in [-0.2, -0.15) is 0 Å². The molecule has 0 bridgehead atoms. The molecule has 1 fully saturated rings. The van der Waals surface area contributed by atoms with Crippen LogP contribution in [-0.2, 0) is 11.3 Å². The predicted octanol–water partition coefficient (Wildman–Crippen LogP) is 3.38. The molecule has 9 heteroatoms. The summed E-state index contributed by atoms with van der Waals surface area (Å²) >= 11 is 0. The van der Waals surface area contributed by atoms with Gasteiger partial charge in [0.05, 0.1) is 0 Å². The molecule has 0 aliphatic carbocycles. The number of carbonyl (C=O) groups excluding carboxylic acids is 1. The van der Waals surface area contributed by atoms with Gasteiger partial charge in [-0.05, 0) is 36.2 Å². The first-order chi connectivity index (χ1) is 14.5. The predicted molar refractivity (Wildman–Crippen MR) is 133 cm³/mol. The number of carbonyl (C=O) groups is 1. The molecule has 1 saturated heterocycles. The molecule has 7 nitrogen and oxygen atoms in total. The Balaban J connectivity index is 0.00000341. The molecule has 0 radical (unpaired) electrons. The Bertz CT molecular complexity index is 890. The van der Waals surface area contributed by atoms with Crippen LogP contribution >= 0.6 is 24.0 Å². The number of guanidine groups is 1. The number of pyridine rings is 1. The van der Waals surface area contributed by atoms with Crippen molar-refractivity contribution in [3.05, 3.63) is 54.0 Å². The van der Waals surface area contributed by atoms with Crippen LogP contribution in [0.1, 0.15) is 25.8 Å². The molecule has 168 valence electrons. The van der Waals surface area contributed by atoms with Crippen LogP contribution in [0.3, 0.4) is 0 Å². The molecule has 1 aliphatic rings. The highest BCUT2D eigenvalue weighted by molar-refractivity contribution is 14.0. The minimum Gasteiger partial charge on any atom is -0.352 e. The van der Waals surface area contributed by atoms with E-state index >= 15 is 0 Å². The van der Waals surface area contributed by atoms with Crippen LogP contribution in [0.2, 0.25) is 0 Å². The molecular weight excluding hydrogens is 510 g/mol. The molecule has 2 aromatic rings. The summed E-state index contributed by atoms with van der Waals surface area (Å²) in [6.07, 6.45) is 2.49. The number of aromatic nitrogens is 1. The molecule has 3 rings (SSSR count). The third-order valence-electron chi connectivity index (χ3n) is 5.00. The number of benzene rings is 1. The maximum Gasteiger partial charge on any atom is 0.226 e. The quantitative estimate of drug-likeness (QED) is 0.298. The maximum atomic E-state index is 14.0. The smallest absolute Gasteiger partial charge is 0.226 e. The van der Waals surface area contributed by atoms with Crippen LogP contribution in [0.4, 0.5) is 15.9 Å². The fourth-order valence-corrected chi connectivity index (χ4v) is 3.25. The largest absolute Gasteiger partial charge is 0.352 e. The Labute approximate surface area is 199 Å². The lowest BCUT2D eigenvalue weighted by Gasteiger charge is -2.20. The minimum atomic E-state index is -0.298. The van der Waals surface area contributed by atoms with Gasteiger partial charge in [0.2, 0.25) is 5.91 Å². The number of rotatable bonds is 6. The Morgan fingerprint density at radius 1 is 1.29 bits per heavy atom. The fourth-order valence-electron chi connectivity index (χ4n) is 3.25. The van der Waals surface area contributed by atoms with Crippen molar-refractivity contribution in [2.45, 2.75) is 32.9 Å². The lowest BCUT2D eigenvalue weighted by molar-refractivity contribution is -0.118. The molecule has 0 spiro atoms. The highest BCUT2D eigenvalue weighted by atomic mass is 127. The van der Waals surface area contributed by atoms with Gasteiger partial charge in [-0.1, -0.05) is 26.0 Å². The van der Waals surface area contributed by atoms with Gasteiger partial charge in [0, 0.05) is 50.5 Å². The summed E-state index contributed by atoms with van der Waals surface area (Å²) in [4.78, 5) is 22.2. The van der Waals surface area contributed by atoms with E-state index < -0.39 is 0 Å². The first kappa shape index (κ1) is 24.8. The van der Waals surface area contributed by atoms with Crippen molar-refractivity contribution < 1.29 is 9.18 Å². The standard InChI is InChI=1S/C22H29FN6O.HI/c1-15(2)21(30)27-17-8-6-16(7-9-17)13-26-22(24-3)28-18-10-12-29(14-18)20-19(23)5-4-11-25-20;/h4-9,11,15,18H,10,12-14H2,1-3H3,(H,27,30)(H2,24,26,28);1H. The normalized spacial score (nSPS) is 16.1. The van der Waals surface area contributed by atoms with Crippen molar-refractivity contribution in [3.8, 4) is 0 Å². The molecule has 3 N–H and O–H groups in total. The summed E-state index contributed by atoms with van der Waals surface area (Å²) in [5.74, 6) is 0.742. The van der Waals surface area contributed by atoms with Crippen molar-refractivity contribution in [1.29, 1.82) is 0 Å². The second kappa shape index (κ2) is 11.8. The average Bonchev–Trinajstić information content (AvgIpc) is 3.20. The van der Waals surface area contributed by atoms with Crippen molar-refractivity contribution in [2.75, 3.05) is 30.4 Å². The van der Waals surface area contributed by atoms with Crippen LogP contribution in [0.25, 0.3) is 0 Å². The van der Waals surface area contributed by atoms with Crippen molar-refractivity contribution >= 4 is 47.3 Å². The molecule has 1 unspecified atom stereocenters. The third-order valence-corrected chi connectivity index (χ3v) is 5.00. The molecule has 0 saturated carbocycles. The SMILES string of the molecule is CN=C(NCc1ccc(NC(=O)C(C)C)cc1)NC1CCN(c2ncccc2F)C1.I. The minimum absolute atomic E-state index is 0. The van der Waals surface area contributed by atoms with E-state index in [2.05, 4.69) is 25.9 Å². The van der Waals surface area contributed by atoms with E-state index in [9.17, 15) is 9.18 Å². The molecule has 1 aromatic heterocycles. The molecule has 31 heavy (non-hydrogen) atoms. The van der Waals surface area contributed by atoms with E-state index in [0.717, 1.165) is 24.2 Å². The number of hydrogen-bond donors (Lipinski definition) is 3. The molecule has 1 aliphatic heterocycles. The molecule has 1 amide bonds. The molecular formula is C22H30FIN6O. The lowest BCUT2D eigenvalue weighted by Crippen LogP contribution is -2.44. The summed E-state index contributed by atoms with van der Waals surface area (Å²) in [7, 11) is 1.73. The van der Waals surface area contributed by atoms with E-state index in [1.165, 1.54) is 6.07 Å².